The second-order valence-corrected chi connectivity index (χ2v) is 2.94. The zero-order chi connectivity index (χ0) is 9.26. The molecule has 66 valence electrons. The minimum absolute atomic E-state index is 0.459. The maximum Gasteiger partial charge on any atom is 0.147 e. The van der Waals surface area contributed by atoms with Crippen molar-refractivity contribution in [2.75, 3.05) is 5.12 Å². The third-order valence-corrected chi connectivity index (χ3v) is 2.05. The van der Waals surface area contributed by atoms with Crippen molar-refractivity contribution < 1.29 is 9.28 Å². The molecule has 1 heterocycles. The number of nitrogens with zero attached hydrogens (tertiary/aromatic N) is 1. The second-order valence-electron chi connectivity index (χ2n) is 2.94. The first-order valence-corrected chi connectivity index (χ1v) is 4.00. The number of hydrogen-bond acceptors (Lipinski definition) is 2. The molecule has 0 atom stereocenters. The van der Waals surface area contributed by atoms with E-state index in [9.17, 15) is 9.28 Å². The van der Waals surface area contributed by atoms with E-state index in [1.54, 1.807) is 12.1 Å². The first-order valence-electron chi connectivity index (χ1n) is 4.00. The molecule has 0 saturated heterocycles. The van der Waals surface area contributed by atoms with Crippen LogP contribution in [0.4, 0.5) is 10.2 Å². The van der Waals surface area contributed by atoms with E-state index >= 15 is 0 Å². The summed E-state index contributed by atoms with van der Waals surface area (Å²) in [5.41, 5.74) is 1.82. The van der Waals surface area contributed by atoms with Gasteiger partial charge in [-0.05, 0) is 11.6 Å². The second kappa shape index (κ2) is 3.01. The highest BCUT2D eigenvalue weighted by atomic mass is 19.2. The van der Waals surface area contributed by atoms with E-state index in [0.717, 1.165) is 5.56 Å². The molecule has 0 aliphatic carbocycles. The summed E-state index contributed by atoms with van der Waals surface area (Å²) in [7, 11) is 0. The van der Waals surface area contributed by atoms with Crippen molar-refractivity contribution in [2.45, 2.75) is 6.42 Å². The van der Waals surface area contributed by atoms with Gasteiger partial charge in [0.15, 0.2) is 0 Å². The standard InChI is InChI=1S/C10H8FNO/c11-12-6-8(7-13)5-9-3-1-2-4-10(9)12/h1-4,6-7H,5H2. The van der Waals surface area contributed by atoms with Crippen molar-refractivity contribution in [3.63, 3.8) is 0 Å². The number of benzene rings is 1. The Balaban J connectivity index is 2.45. The molecule has 0 spiro atoms. The highest BCUT2D eigenvalue weighted by Gasteiger charge is 2.15. The van der Waals surface area contributed by atoms with Crippen LogP contribution in [0.2, 0.25) is 0 Å². The SMILES string of the molecule is O=CC1=CN(F)c2ccccc2C1. The lowest BCUT2D eigenvalue weighted by Gasteiger charge is -2.19. The molecule has 1 aromatic carbocycles. The third kappa shape index (κ3) is 1.33. The molecule has 0 amide bonds. The maximum atomic E-state index is 13.2. The highest BCUT2D eigenvalue weighted by Crippen LogP contribution is 2.27. The third-order valence-electron chi connectivity index (χ3n) is 2.05. The van der Waals surface area contributed by atoms with Crippen LogP contribution in [-0.4, -0.2) is 6.29 Å². The fourth-order valence-electron chi connectivity index (χ4n) is 1.42. The fourth-order valence-corrected chi connectivity index (χ4v) is 1.42. The fraction of sp³-hybridized carbons (Fsp3) is 0.100. The molecule has 13 heavy (non-hydrogen) atoms. The number of anilines is 1. The molecule has 2 nitrogen and oxygen atoms in total. The molecular weight excluding hydrogens is 169 g/mol. The van der Waals surface area contributed by atoms with Crippen molar-refractivity contribution >= 4 is 12.0 Å². The summed E-state index contributed by atoms with van der Waals surface area (Å²) in [5, 5.41) is 0.489. The summed E-state index contributed by atoms with van der Waals surface area (Å²) in [6, 6.07) is 7.11. The zero-order valence-corrected chi connectivity index (χ0v) is 6.90. The smallest absolute Gasteiger partial charge is 0.147 e. The van der Waals surface area contributed by atoms with E-state index in [1.807, 2.05) is 12.1 Å². The molecule has 0 fully saturated rings. The predicted octanol–water partition coefficient (Wildman–Crippen LogP) is 2.02. The van der Waals surface area contributed by atoms with E-state index in [1.165, 1.54) is 6.20 Å². The Kier molecular flexibility index (Phi) is 1.85. The maximum absolute atomic E-state index is 13.2. The highest BCUT2D eigenvalue weighted by molar-refractivity contribution is 5.78. The van der Waals surface area contributed by atoms with Gasteiger partial charge in [0.2, 0.25) is 0 Å². The molecule has 0 N–H and O–H groups in total. The molecule has 2 rings (SSSR count). The average molecular weight is 177 g/mol. The Morgan fingerprint density at radius 2 is 2.15 bits per heavy atom. The monoisotopic (exact) mass is 177 g/mol. The number of fused-ring (bicyclic) bond motifs is 1. The van der Waals surface area contributed by atoms with Gasteiger partial charge in [-0.1, -0.05) is 22.7 Å². The van der Waals surface area contributed by atoms with Crippen LogP contribution in [-0.2, 0) is 11.2 Å². The first-order chi connectivity index (χ1) is 6.31. The molecule has 1 aliphatic rings. The number of carbonyl (C=O) groups excluding carboxylic acids is 1. The Morgan fingerprint density at radius 1 is 1.38 bits per heavy atom. The molecule has 0 aromatic heterocycles. The number of para-hydroxylation sites is 1. The lowest BCUT2D eigenvalue weighted by atomic mass is 10.0. The number of aldehydes is 1. The molecule has 0 radical (unpaired) electrons. The van der Waals surface area contributed by atoms with Crippen LogP contribution in [0.3, 0.4) is 0 Å². The van der Waals surface area contributed by atoms with Crippen LogP contribution in [0.15, 0.2) is 36.0 Å². The molecule has 1 aliphatic heterocycles. The van der Waals surface area contributed by atoms with Crippen LogP contribution < -0.4 is 5.12 Å². The van der Waals surface area contributed by atoms with Crippen LogP contribution in [0.5, 0.6) is 0 Å². The number of carbonyl (C=O) groups is 1. The summed E-state index contributed by atoms with van der Waals surface area (Å²) in [5.74, 6) is 0. The van der Waals surface area contributed by atoms with Gasteiger partial charge >= 0.3 is 0 Å². The molecule has 1 aromatic rings. The molecule has 0 saturated carbocycles. The normalized spacial score (nSPS) is 14.8. The predicted molar refractivity (Wildman–Crippen MR) is 47.9 cm³/mol. The molecule has 3 heteroatoms. The number of halogens is 1. The number of allylic oxidation sites excluding steroid dienone is 1. The minimum atomic E-state index is 0.459. The van der Waals surface area contributed by atoms with E-state index in [-0.39, 0.29) is 0 Å². The average Bonchev–Trinajstić information content (AvgIpc) is 2.18. The van der Waals surface area contributed by atoms with Crippen LogP contribution in [0, 0.1) is 0 Å². The largest absolute Gasteiger partial charge is 0.298 e. The molecular formula is C10H8FNO. The van der Waals surface area contributed by atoms with Crippen molar-refractivity contribution in [1.82, 2.24) is 0 Å². The van der Waals surface area contributed by atoms with Gasteiger partial charge in [-0.25, -0.2) is 0 Å². The van der Waals surface area contributed by atoms with E-state index in [0.29, 0.717) is 29.1 Å². The summed E-state index contributed by atoms with van der Waals surface area (Å²) in [6.45, 7) is 0. The van der Waals surface area contributed by atoms with Crippen LogP contribution in [0.25, 0.3) is 0 Å². The van der Waals surface area contributed by atoms with Crippen molar-refractivity contribution in [2.24, 2.45) is 0 Å². The summed E-state index contributed by atoms with van der Waals surface area (Å²) < 4.78 is 13.2. The van der Waals surface area contributed by atoms with Gasteiger partial charge in [0.05, 0.1) is 5.69 Å². The summed E-state index contributed by atoms with van der Waals surface area (Å²) in [4.78, 5) is 10.5. The van der Waals surface area contributed by atoms with Crippen LogP contribution in [0.1, 0.15) is 5.56 Å². The van der Waals surface area contributed by atoms with Crippen molar-refractivity contribution in [1.29, 1.82) is 0 Å². The Hall–Kier alpha value is -1.64. The lowest BCUT2D eigenvalue weighted by Crippen LogP contribution is -2.13. The number of hydrogen-bond donors (Lipinski definition) is 0. The molecule has 0 bridgehead atoms. The van der Waals surface area contributed by atoms with Gasteiger partial charge in [-0.15, -0.1) is 0 Å². The van der Waals surface area contributed by atoms with Crippen molar-refractivity contribution in [3.8, 4) is 0 Å². The Bertz CT molecular complexity index is 373. The quantitative estimate of drug-likeness (QED) is 0.483. The van der Waals surface area contributed by atoms with E-state index in [2.05, 4.69) is 0 Å². The van der Waals surface area contributed by atoms with Gasteiger partial charge in [0, 0.05) is 18.2 Å². The molecule has 0 unspecified atom stereocenters. The topological polar surface area (TPSA) is 20.3 Å². The van der Waals surface area contributed by atoms with Gasteiger partial charge in [0.1, 0.15) is 6.29 Å². The van der Waals surface area contributed by atoms with Gasteiger partial charge < -0.3 is 0 Å². The van der Waals surface area contributed by atoms with E-state index < -0.39 is 0 Å². The summed E-state index contributed by atoms with van der Waals surface area (Å²) >= 11 is 0. The summed E-state index contributed by atoms with van der Waals surface area (Å²) in [6.07, 6.45) is 2.41. The number of rotatable bonds is 1. The van der Waals surface area contributed by atoms with Crippen LogP contribution >= 0.6 is 0 Å². The zero-order valence-electron chi connectivity index (χ0n) is 6.90. The van der Waals surface area contributed by atoms with Crippen molar-refractivity contribution in [3.05, 3.63) is 41.6 Å². The Labute approximate surface area is 75.2 Å². The Morgan fingerprint density at radius 3 is 2.92 bits per heavy atom. The van der Waals surface area contributed by atoms with E-state index in [4.69, 9.17) is 0 Å². The minimum Gasteiger partial charge on any atom is -0.298 e. The van der Waals surface area contributed by atoms with Gasteiger partial charge in [-0.3, -0.25) is 4.79 Å². The lowest BCUT2D eigenvalue weighted by molar-refractivity contribution is -0.105. The first kappa shape index (κ1) is 7.98. The van der Waals surface area contributed by atoms with Gasteiger partial charge in [-0.2, -0.15) is 5.12 Å². The van der Waals surface area contributed by atoms with Gasteiger partial charge in [0.25, 0.3) is 0 Å².